The molecular formula is C25H27FN6O2. The summed E-state index contributed by atoms with van der Waals surface area (Å²) in [4.78, 5) is 19.4. The van der Waals surface area contributed by atoms with Crippen molar-refractivity contribution < 1.29 is 14.3 Å². The summed E-state index contributed by atoms with van der Waals surface area (Å²) in [5, 5.41) is 20.2. The van der Waals surface area contributed by atoms with E-state index in [9.17, 15) is 14.3 Å². The fourth-order valence-corrected chi connectivity index (χ4v) is 4.92. The van der Waals surface area contributed by atoms with Gasteiger partial charge in [0.15, 0.2) is 0 Å². The van der Waals surface area contributed by atoms with E-state index in [1.807, 2.05) is 20.2 Å². The highest BCUT2D eigenvalue weighted by Crippen LogP contribution is 2.50. The minimum atomic E-state index is -0.473. The third-order valence-corrected chi connectivity index (χ3v) is 6.27. The minimum absolute atomic E-state index is 0.0768. The number of amides is 1. The van der Waals surface area contributed by atoms with E-state index in [1.54, 1.807) is 4.68 Å². The van der Waals surface area contributed by atoms with Crippen molar-refractivity contribution in [3.8, 4) is 0 Å². The molecule has 0 fully saturated rings. The Labute approximate surface area is 197 Å². The maximum absolute atomic E-state index is 14.5. The maximum atomic E-state index is 14.5. The van der Waals surface area contributed by atoms with Crippen molar-refractivity contribution >= 4 is 17.2 Å². The molecule has 2 aliphatic rings. The number of aromatic nitrogens is 3. The number of anilines is 1. The lowest BCUT2D eigenvalue weighted by molar-refractivity contribution is 0.0958. The number of carbonyl (C=O) groups is 1. The third kappa shape index (κ3) is 3.97. The SMILES string of the molecule is CN(C)Cc1ccc(C2Nc3cc(F)cc4c3C(=CCNC4=O)C2c2ncnn2CCO)cc1. The van der Waals surface area contributed by atoms with Gasteiger partial charge < -0.3 is 20.6 Å². The second-order valence-electron chi connectivity index (χ2n) is 8.89. The first kappa shape index (κ1) is 22.2. The predicted octanol–water partition coefficient (Wildman–Crippen LogP) is 2.55. The number of nitrogens with one attached hydrogen (secondary N) is 2. The van der Waals surface area contributed by atoms with Gasteiger partial charge in [0.05, 0.1) is 30.7 Å². The van der Waals surface area contributed by atoms with Crippen LogP contribution in [0.1, 0.15) is 44.8 Å². The number of hydrogen-bond acceptors (Lipinski definition) is 6. The molecule has 34 heavy (non-hydrogen) atoms. The summed E-state index contributed by atoms with van der Waals surface area (Å²) in [7, 11) is 4.05. The van der Waals surface area contributed by atoms with Crippen LogP contribution in [-0.2, 0) is 13.1 Å². The Hall–Kier alpha value is -3.56. The second-order valence-corrected chi connectivity index (χ2v) is 8.89. The van der Waals surface area contributed by atoms with Crippen molar-refractivity contribution in [2.24, 2.45) is 0 Å². The lowest BCUT2D eigenvalue weighted by Gasteiger charge is -2.37. The summed E-state index contributed by atoms with van der Waals surface area (Å²) in [5.74, 6) is -0.422. The molecule has 1 aromatic heterocycles. The molecule has 5 rings (SSSR count). The molecule has 2 atom stereocenters. The van der Waals surface area contributed by atoms with E-state index in [0.717, 1.165) is 17.7 Å². The van der Waals surface area contributed by atoms with Crippen molar-refractivity contribution in [2.45, 2.75) is 25.0 Å². The van der Waals surface area contributed by atoms with E-state index in [-0.39, 0.29) is 24.5 Å². The first-order valence-electron chi connectivity index (χ1n) is 11.3. The summed E-state index contributed by atoms with van der Waals surface area (Å²) < 4.78 is 16.2. The van der Waals surface area contributed by atoms with Crippen LogP contribution in [0.15, 0.2) is 48.8 Å². The van der Waals surface area contributed by atoms with Crippen molar-refractivity contribution in [3.05, 3.63) is 82.7 Å². The number of rotatable bonds is 6. The van der Waals surface area contributed by atoms with Crippen molar-refractivity contribution in [1.82, 2.24) is 25.0 Å². The highest BCUT2D eigenvalue weighted by atomic mass is 19.1. The largest absolute Gasteiger partial charge is 0.394 e. The van der Waals surface area contributed by atoms with Gasteiger partial charge in [-0.3, -0.25) is 4.79 Å². The van der Waals surface area contributed by atoms with Crippen molar-refractivity contribution in [1.29, 1.82) is 0 Å². The Balaban J connectivity index is 1.68. The monoisotopic (exact) mass is 462 g/mol. The smallest absolute Gasteiger partial charge is 0.252 e. The Morgan fingerprint density at radius 1 is 1.24 bits per heavy atom. The van der Waals surface area contributed by atoms with Crippen LogP contribution in [0.4, 0.5) is 10.1 Å². The predicted molar refractivity (Wildman–Crippen MR) is 127 cm³/mol. The van der Waals surface area contributed by atoms with E-state index in [1.165, 1.54) is 24.0 Å². The van der Waals surface area contributed by atoms with Crippen LogP contribution in [0.5, 0.6) is 0 Å². The Kier molecular flexibility index (Phi) is 5.89. The molecule has 1 amide bonds. The molecular weight excluding hydrogens is 435 g/mol. The quantitative estimate of drug-likeness (QED) is 0.521. The van der Waals surface area contributed by atoms with Gasteiger partial charge in [-0.1, -0.05) is 30.3 Å². The van der Waals surface area contributed by atoms with Gasteiger partial charge in [0.2, 0.25) is 0 Å². The van der Waals surface area contributed by atoms with Gasteiger partial charge in [0.25, 0.3) is 5.91 Å². The first-order chi connectivity index (χ1) is 16.5. The summed E-state index contributed by atoms with van der Waals surface area (Å²) in [6, 6.07) is 10.8. The van der Waals surface area contributed by atoms with Gasteiger partial charge in [0.1, 0.15) is 18.0 Å². The highest BCUT2D eigenvalue weighted by molar-refractivity contribution is 6.04. The van der Waals surface area contributed by atoms with Gasteiger partial charge in [0, 0.05) is 24.3 Å². The molecule has 2 aliphatic heterocycles. The van der Waals surface area contributed by atoms with Crippen LogP contribution < -0.4 is 10.6 Å². The molecule has 9 heteroatoms. The van der Waals surface area contributed by atoms with Crippen LogP contribution >= 0.6 is 0 Å². The fraction of sp³-hybridized carbons (Fsp3) is 0.320. The number of benzene rings is 2. The Bertz CT molecular complexity index is 1250. The average molecular weight is 463 g/mol. The second kappa shape index (κ2) is 9.00. The number of nitrogens with zero attached hydrogens (tertiary/aromatic N) is 4. The van der Waals surface area contributed by atoms with E-state index in [0.29, 0.717) is 35.7 Å². The number of aliphatic hydroxyl groups excluding tert-OH is 1. The summed E-state index contributed by atoms with van der Waals surface area (Å²) in [5.41, 5.74) is 4.63. The van der Waals surface area contributed by atoms with Gasteiger partial charge in [-0.25, -0.2) is 14.1 Å². The fourth-order valence-electron chi connectivity index (χ4n) is 4.92. The molecule has 176 valence electrons. The summed E-state index contributed by atoms with van der Waals surface area (Å²) in [6.07, 6.45) is 3.45. The number of halogens is 1. The number of hydrogen-bond donors (Lipinski definition) is 3. The van der Waals surface area contributed by atoms with E-state index < -0.39 is 5.82 Å². The minimum Gasteiger partial charge on any atom is -0.394 e. The lowest BCUT2D eigenvalue weighted by atomic mass is 9.77. The summed E-state index contributed by atoms with van der Waals surface area (Å²) >= 11 is 0. The zero-order valence-corrected chi connectivity index (χ0v) is 19.1. The van der Waals surface area contributed by atoms with Gasteiger partial charge in [-0.15, -0.1) is 0 Å². The maximum Gasteiger partial charge on any atom is 0.252 e. The zero-order chi connectivity index (χ0) is 23.8. The summed E-state index contributed by atoms with van der Waals surface area (Å²) in [6.45, 7) is 1.37. The van der Waals surface area contributed by atoms with E-state index in [2.05, 4.69) is 49.9 Å². The van der Waals surface area contributed by atoms with Gasteiger partial charge >= 0.3 is 0 Å². The molecule has 0 bridgehead atoms. The standard InChI is InChI=1S/C25H27FN6O2/c1-31(2)13-15-3-5-16(6-4-15)23-22(24-28-14-29-32(24)9-10-33)18-7-8-27-25(34)19-11-17(26)12-20(30-23)21(18)19/h3-7,11-12,14,22-23,30,33H,8-10,13H2,1-2H3,(H,27,34). The number of aliphatic hydroxyl groups is 1. The van der Waals surface area contributed by atoms with Crippen LogP contribution in [-0.4, -0.2) is 57.9 Å². The molecule has 0 radical (unpaired) electrons. The molecule has 0 saturated carbocycles. The zero-order valence-electron chi connectivity index (χ0n) is 19.1. The Morgan fingerprint density at radius 3 is 2.76 bits per heavy atom. The number of carbonyl (C=O) groups excluding carboxylic acids is 1. The van der Waals surface area contributed by atoms with E-state index >= 15 is 0 Å². The molecule has 3 N–H and O–H groups in total. The van der Waals surface area contributed by atoms with Gasteiger partial charge in [-0.2, -0.15) is 5.10 Å². The topological polar surface area (TPSA) is 95.3 Å². The van der Waals surface area contributed by atoms with Crippen molar-refractivity contribution in [2.75, 3.05) is 32.6 Å². The molecule has 3 heterocycles. The molecule has 2 aromatic carbocycles. The highest BCUT2D eigenvalue weighted by Gasteiger charge is 2.40. The lowest BCUT2D eigenvalue weighted by Crippen LogP contribution is -2.30. The first-order valence-corrected chi connectivity index (χ1v) is 11.3. The Morgan fingerprint density at radius 2 is 2.03 bits per heavy atom. The van der Waals surface area contributed by atoms with Gasteiger partial charge in [-0.05, 0) is 42.9 Å². The van der Waals surface area contributed by atoms with E-state index in [4.69, 9.17) is 0 Å². The molecule has 0 spiro atoms. The molecule has 0 aliphatic carbocycles. The normalized spacial score (nSPS) is 19.2. The molecule has 8 nitrogen and oxygen atoms in total. The van der Waals surface area contributed by atoms with Crippen LogP contribution in [0.25, 0.3) is 5.57 Å². The van der Waals surface area contributed by atoms with Crippen LogP contribution in [0.2, 0.25) is 0 Å². The molecule has 3 aromatic rings. The molecule has 2 unspecified atom stereocenters. The molecule has 0 saturated heterocycles. The third-order valence-electron chi connectivity index (χ3n) is 6.27. The van der Waals surface area contributed by atoms with Crippen LogP contribution in [0.3, 0.4) is 0 Å². The van der Waals surface area contributed by atoms with Crippen molar-refractivity contribution in [3.63, 3.8) is 0 Å². The van der Waals surface area contributed by atoms with Crippen LogP contribution in [0, 0.1) is 5.82 Å². The average Bonchev–Trinajstić information content (AvgIpc) is 3.19.